The van der Waals surface area contributed by atoms with E-state index in [1.54, 1.807) is 0 Å². The molecule has 0 fully saturated rings. The largest absolute Gasteiger partial charge is 0.247 e. The van der Waals surface area contributed by atoms with Gasteiger partial charge in [-0.15, -0.1) is 0 Å². The van der Waals surface area contributed by atoms with Gasteiger partial charge in [0.15, 0.2) is 0 Å². The Morgan fingerprint density at radius 3 is 1.54 bits per heavy atom. The van der Waals surface area contributed by atoms with Crippen molar-refractivity contribution in [2.24, 2.45) is 0 Å². The first-order chi connectivity index (χ1) is 27.8. The lowest BCUT2D eigenvalue weighted by Crippen LogP contribution is -1.94. The van der Waals surface area contributed by atoms with Crippen LogP contribution in [-0.4, -0.2) is 4.98 Å². The Bertz CT molecular complexity index is 2710. The van der Waals surface area contributed by atoms with Crippen molar-refractivity contribution in [2.75, 3.05) is 0 Å². The summed E-state index contributed by atoms with van der Waals surface area (Å²) >= 11 is 0. The third-order valence-corrected chi connectivity index (χ3v) is 11.4. The summed E-state index contributed by atoms with van der Waals surface area (Å²) < 4.78 is 0. The minimum atomic E-state index is 1.000. The highest BCUT2D eigenvalue weighted by Gasteiger charge is 2.18. The van der Waals surface area contributed by atoms with E-state index >= 15 is 0 Å². The monoisotopic (exact) mass is 721 g/mol. The Kier molecular flexibility index (Phi) is 10.2. The SMILES string of the molecule is CCCCCCCCc1ccc(-c2cc(-c3ccccc3)c3cccc(-c4cccc(-c5c6ccccc6c(-c6ccccc6)c6ccccc56)c4)c3n2)cc1. The zero-order chi connectivity index (χ0) is 37.7. The summed E-state index contributed by atoms with van der Waals surface area (Å²) in [5.41, 5.74) is 14.3. The third kappa shape index (κ3) is 7.02. The van der Waals surface area contributed by atoms with Gasteiger partial charge in [0.1, 0.15) is 0 Å². The van der Waals surface area contributed by atoms with Crippen LogP contribution in [0.5, 0.6) is 0 Å². The molecule has 0 unspecified atom stereocenters. The van der Waals surface area contributed by atoms with Gasteiger partial charge in [0.2, 0.25) is 0 Å². The molecule has 0 bridgehead atoms. The number of unbranched alkanes of at least 4 members (excludes halogenated alkanes) is 5. The molecule has 0 aliphatic rings. The van der Waals surface area contributed by atoms with Gasteiger partial charge >= 0.3 is 0 Å². The van der Waals surface area contributed by atoms with Gasteiger partial charge in [-0.3, -0.25) is 0 Å². The minimum absolute atomic E-state index is 1.000. The van der Waals surface area contributed by atoms with Crippen molar-refractivity contribution in [2.45, 2.75) is 51.9 Å². The van der Waals surface area contributed by atoms with Crippen molar-refractivity contribution in [1.82, 2.24) is 4.98 Å². The van der Waals surface area contributed by atoms with Crippen molar-refractivity contribution < 1.29 is 0 Å². The van der Waals surface area contributed by atoms with Gasteiger partial charge in [-0.05, 0) is 91.0 Å². The van der Waals surface area contributed by atoms with Crippen LogP contribution in [0.2, 0.25) is 0 Å². The van der Waals surface area contributed by atoms with Gasteiger partial charge in [-0.2, -0.15) is 0 Å². The number of hydrogen-bond acceptors (Lipinski definition) is 1. The van der Waals surface area contributed by atoms with Crippen molar-refractivity contribution in [1.29, 1.82) is 0 Å². The maximum Gasteiger partial charge on any atom is 0.0794 e. The molecule has 8 aromatic carbocycles. The summed E-state index contributed by atoms with van der Waals surface area (Å²) in [7, 11) is 0. The molecule has 1 heterocycles. The van der Waals surface area contributed by atoms with Crippen LogP contribution in [0.1, 0.15) is 51.0 Å². The summed E-state index contributed by atoms with van der Waals surface area (Å²) in [6.07, 6.45) is 9.03. The molecule has 56 heavy (non-hydrogen) atoms. The highest BCUT2D eigenvalue weighted by atomic mass is 14.7. The van der Waals surface area contributed by atoms with Crippen molar-refractivity contribution >= 4 is 32.4 Å². The van der Waals surface area contributed by atoms with E-state index in [4.69, 9.17) is 4.98 Å². The normalized spacial score (nSPS) is 11.4. The van der Waals surface area contributed by atoms with Gasteiger partial charge in [-0.1, -0.05) is 209 Å². The van der Waals surface area contributed by atoms with Gasteiger partial charge in [0, 0.05) is 16.5 Å². The maximum atomic E-state index is 5.49. The molecule has 1 aromatic heterocycles. The van der Waals surface area contributed by atoms with Crippen LogP contribution in [0.15, 0.2) is 182 Å². The lowest BCUT2D eigenvalue weighted by molar-refractivity contribution is 0.607. The van der Waals surface area contributed by atoms with Gasteiger partial charge < -0.3 is 0 Å². The highest BCUT2D eigenvalue weighted by molar-refractivity contribution is 6.21. The average Bonchev–Trinajstić information content (AvgIpc) is 3.27. The number of fused-ring (bicyclic) bond motifs is 3. The second kappa shape index (κ2) is 16.2. The summed E-state index contributed by atoms with van der Waals surface area (Å²) in [4.78, 5) is 5.49. The summed E-state index contributed by atoms with van der Waals surface area (Å²) in [5.74, 6) is 0. The lowest BCUT2D eigenvalue weighted by Gasteiger charge is -2.18. The Labute approximate surface area is 331 Å². The lowest BCUT2D eigenvalue weighted by atomic mass is 9.85. The molecule has 1 heteroatoms. The molecule has 0 atom stereocenters. The highest BCUT2D eigenvalue weighted by Crippen LogP contribution is 2.45. The van der Waals surface area contributed by atoms with Crippen LogP contribution in [0, 0.1) is 0 Å². The van der Waals surface area contributed by atoms with Gasteiger partial charge in [-0.25, -0.2) is 4.98 Å². The van der Waals surface area contributed by atoms with Crippen LogP contribution in [0.3, 0.4) is 0 Å². The molecule has 0 N–H and O–H groups in total. The fraction of sp³-hybridized carbons (Fsp3) is 0.145. The van der Waals surface area contributed by atoms with E-state index in [9.17, 15) is 0 Å². The molecular weight excluding hydrogens is 675 g/mol. The number of para-hydroxylation sites is 1. The van der Waals surface area contributed by atoms with Crippen LogP contribution in [-0.2, 0) is 6.42 Å². The first-order valence-corrected chi connectivity index (χ1v) is 20.4. The summed E-state index contributed by atoms with van der Waals surface area (Å²) in [5, 5.41) is 6.20. The second-order valence-corrected chi connectivity index (χ2v) is 15.1. The zero-order valence-corrected chi connectivity index (χ0v) is 32.2. The number of rotatable bonds is 12. The van der Waals surface area contributed by atoms with Crippen LogP contribution >= 0.6 is 0 Å². The molecule has 9 rings (SSSR count). The number of pyridine rings is 1. The molecule has 272 valence electrons. The van der Waals surface area contributed by atoms with E-state index < -0.39 is 0 Å². The molecule has 0 aliphatic heterocycles. The first-order valence-electron chi connectivity index (χ1n) is 20.4. The van der Waals surface area contributed by atoms with Crippen molar-refractivity contribution in [3.63, 3.8) is 0 Å². The topological polar surface area (TPSA) is 12.9 Å². The van der Waals surface area contributed by atoms with Crippen LogP contribution in [0.25, 0.3) is 88.2 Å². The summed E-state index contributed by atoms with van der Waals surface area (Å²) in [6.45, 7) is 2.28. The van der Waals surface area contributed by atoms with E-state index in [1.807, 2.05) is 0 Å². The molecule has 0 amide bonds. The van der Waals surface area contributed by atoms with E-state index in [1.165, 1.54) is 99.0 Å². The quantitative estimate of drug-likeness (QED) is 0.0904. The number of aromatic nitrogens is 1. The minimum Gasteiger partial charge on any atom is -0.247 e. The number of hydrogen-bond donors (Lipinski definition) is 0. The van der Waals surface area contributed by atoms with E-state index in [0.717, 1.165) is 39.7 Å². The fourth-order valence-corrected chi connectivity index (χ4v) is 8.63. The second-order valence-electron chi connectivity index (χ2n) is 15.1. The van der Waals surface area contributed by atoms with E-state index in [-0.39, 0.29) is 0 Å². The zero-order valence-electron chi connectivity index (χ0n) is 32.2. The smallest absolute Gasteiger partial charge is 0.0794 e. The summed E-state index contributed by atoms with van der Waals surface area (Å²) in [6, 6.07) is 66.6. The predicted molar refractivity (Wildman–Crippen MR) is 241 cm³/mol. The molecule has 0 spiro atoms. The number of nitrogens with zero attached hydrogens (tertiary/aromatic N) is 1. The van der Waals surface area contributed by atoms with E-state index in [0.29, 0.717) is 0 Å². The average molecular weight is 722 g/mol. The van der Waals surface area contributed by atoms with Gasteiger partial charge in [0.25, 0.3) is 0 Å². The van der Waals surface area contributed by atoms with Crippen molar-refractivity contribution in [3.8, 4) is 55.8 Å². The predicted octanol–water partition coefficient (Wildman–Crippen LogP) is 15.8. The first kappa shape index (κ1) is 35.4. The Hall–Kier alpha value is -6.31. The Balaban J connectivity index is 1.17. The molecule has 9 aromatic rings. The third-order valence-electron chi connectivity index (χ3n) is 11.4. The Morgan fingerprint density at radius 2 is 0.875 bits per heavy atom. The van der Waals surface area contributed by atoms with Gasteiger partial charge in [0.05, 0.1) is 11.2 Å². The number of aryl methyl sites for hydroxylation is 1. The van der Waals surface area contributed by atoms with E-state index in [2.05, 4.69) is 189 Å². The number of benzene rings is 8. The Morgan fingerprint density at radius 1 is 0.357 bits per heavy atom. The standard InChI is InChI=1S/C55H47N/c1-2-3-4-5-6-9-20-39-33-35-41(36-34-39)52-38-51(40-21-10-7-11-22-40)50-32-19-31-45(55(50)56-52)43-25-18-26-44(37-43)54-48-29-16-14-27-46(48)53(42-23-12-8-13-24-42)47-28-15-17-30-49(47)54/h7-8,10-19,21-38H,2-6,9,20H2,1H3. The fourth-order valence-electron chi connectivity index (χ4n) is 8.63. The molecule has 0 saturated carbocycles. The van der Waals surface area contributed by atoms with Crippen molar-refractivity contribution in [3.05, 3.63) is 188 Å². The molecule has 1 nitrogen and oxygen atoms in total. The molecular formula is C55H47N. The van der Waals surface area contributed by atoms with Crippen LogP contribution in [0.4, 0.5) is 0 Å². The van der Waals surface area contributed by atoms with Crippen LogP contribution < -0.4 is 0 Å². The molecule has 0 aliphatic carbocycles. The molecule has 0 radical (unpaired) electrons. The maximum absolute atomic E-state index is 5.49. The molecule has 0 saturated heterocycles.